The van der Waals surface area contributed by atoms with Crippen LogP contribution in [-0.2, 0) is 11.2 Å². The summed E-state index contributed by atoms with van der Waals surface area (Å²) in [6, 6.07) is 0. The second-order valence-electron chi connectivity index (χ2n) is 5.14. The van der Waals surface area contributed by atoms with E-state index >= 15 is 0 Å². The first-order valence-electron chi connectivity index (χ1n) is 7.45. The summed E-state index contributed by atoms with van der Waals surface area (Å²) in [5.41, 5.74) is 1.66. The van der Waals surface area contributed by atoms with Gasteiger partial charge in [0.2, 0.25) is 5.91 Å². The van der Waals surface area contributed by atoms with Crippen LogP contribution < -0.4 is 67.1 Å². The molecule has 0 aliphatic heterocycles. The smallest absolute Gasteiger partial charge is 0.551 e. The van der Waals surface area contributed by atoms with Gasteiger partial charge < -0.3 is 20.2 Å². The molecule has 0 radical (unpaired) electrons. The van der Waals surface area contributed by atoms with Crippen molar-refractivity contribution in [2.24, 2.45) is 0 Å². The van der Waals surface area contributed by atoms with E-state index in [1.165, 1.54) is 29.6 Å². The van der Waals surface area contributed by atoms with Gasteiger partial charge >= 0.3 is 51.4 Å². The Morgan fingerprint density at radius 3 is 2.81 bits per heavy atom. The molecule has 0 unspecified atom stereocenters. The average molecular weight is 419 g/mol. The SMILES string of the molecule is CC(=O)Nc1nc(C)c(-c2csc(NCCCc3nnc([O-])o3)n2)s1.[K+]. The van der Waals surface area contributed by atoms with Crippen LogP contribution in [-0.4, -0.2) is 32.6 Å². The molecule has 0 aliphatic rings. The number of thiazole rings is 2. The number of anilines is 2. The van der Waals surface area contributed by atoms with Gasteiger partial charge in [0.25, 0.3) is 0 Å². The molecule has 9 nitrogen and oxygen atoms in total. The first-order chi connectivity index (χ1) is 12.0. The molecule has 3 aromatic heterocycles. The molecule has 1 amide bonds. The zero-order valence-corrected chi connectivity index (χ0v) is 19.3. The molecule has 0 bridgehead atoms. The molecule has 0 saturated heterocycles. The Hall–Kier alpha value is -0.894. The number of hydrogen-bond donors (Lipinski definition) is 2. The van der Waals surface area contributed by atoms with E-state index in [4.69, 9.17) is 4.42 Å². The van der Waals surface area contributed by atoms with Crippen molar-refractivity contribution in [1.82, 2.24) is 20.2 Å². The molecule has 3 heterocycles. The largest absolute Gasteiger partial charge is 1.00 e. The van der Waals surface area contributed by atoms with Crippen LogP contribution in [0.5, 0.6) is 6.08 Å². The third-order valence-corrected chi connectivity index (χ3v) is 5.00. The number of rotatable bonds is 7. The second kappa shape index (κ2) is 9.87. The number of nitrogens with zero attached hydrogens (tertiary/aromatic N) is 4. The molecule has 3 rings (SSSR count). The normalized spacial score (nSPS) is 10.4. The van der Waals surface area contributed by atoms with Gasteiger partial charge in [-0.3, -0.25) is 4.79 Å². The van der Waals surface area contributed by atoms with E-state index in [1.807, 2.05) is 12.3 Å². The van der Waals surface area contributed by atoms with Crippen LogP contribution in [0.3, 0.4) is 0 Å². The van der Waals surface area contributed by atoms with Crippen LogP contribution >= 0.6 is 22.7 Å². The number of carbonyl (C=O) groups excluding carboxylic acids is 1. The number of aromatic nitrogens is 4. The minimum Gasteiger partial charge on any atom is -0.551 e. The summed E-state index contributed by atoms with van der Waals surface area (Å²) < 4.78 is 4.79. The van der Waals surface area contributed by atoms with Gasteiger partial charge in [0.05, 0.1) is 16.3 Å². The molecule has 12 heteroatoms. The predicted molar refractivity (Wildman–Crippen MR) is 92.8 cm³/mol. The summed E-state index contributed by atoms with van der Waals surface area (Å²) in [7, 11) is 0. The zero-order valence-electron chi connectivity index (χ0n) is 14.5. The molecule has 26 heavy (non-hydrogen) atoms. The van der Waals surface area contributed by atoms with Gasteiger partial charge in [0.15, 0.2) is 16.3 Å². The van der Waals surface area contributed by atoms with Gasteiger partial charge in [-0.15, -0.1) is 21.5 Å². The molecule has 3 aromatic rings. The van der Waals surface area contributed by atoms with E-state index in [9.17, 15) is 9.90 Å². The van der Waals surface area contributed by atoms with E-state index in [0.717, 1.165) is 27.8 Å². The van der Waals surface area contributed by atoms with Crippen molar-refractivity contribution in [3.63, 3.8) is 0 Å². The maximum Gasteiger partial charge on any atom is 1.00 e. The van der Waals surface area contributed by atoms with Crippen molar-refractivity contribution in [1.29, 1.82) is 0 Å². The fraction of sp³-hybridized carbons (Fsp3) is 0.357. The molecular formula is C14H15KN6O3S2. The fourth-order valence-corrected chi connectivity index (χ4v) is 3.85. The third kappa shape index (κ3) is 5.80. The maximum absolute atomic E-state index is 11.1. The Bertz CT molecular complexity index is 878. The van der Waals surface area contributed by atoms with Crippen LogP contribution in [0.1, 0.15) is 24.9 Å². The molecule has 0 spiro atoms. The molecule has 0 saturated carbocycles. The maximum atomic E-state index is 11.1. The minimum absolute atomic E-state index is 0. The first kappa shape index (κ1) is 21.4. The summed E-state index contributed by atoms with van der Waals surface area (Å²) in [6.45, 7) is 4.01. The van der Waals surface area contributed by atoms with E-state index in [0.29, 0.717) is 24.0 Å². The molecule has 132 valence electrons. The quantitative estimate of drug-likeness (QED) is 0.371. The molecule has 0 fully saturated rings. The molecule has 2 N–H and O–H groups in total. The van der Waals surface area contributed by atoms with Gasteiger partial charge in [0, 0.05) is 25.3 Å². The van der Waals surface area contributed by atoms with E-state index in [1.54, 1.807) is 0 Å². The number of amides is 1. The average Bonchev–Trinajstić information content (AvgIpc) is 3.24. The number of hydrogen-bond acceptors (Lipinski definition) is 10. The van der Waals surface area contributed by atoms with E-state index in [-0.39, 0.29) is 57.3 Å². The Balaban J connectivity index is 0.00000243. The Kier molecular flexibility index (Phi) is 8.13. The minimum atomic E-state index is -0.661. The summed E-state index contributed by atoms with van der Waals surface area (Å²) in [4.78, 5) is 20.9. The summed E-state index contributed by atoms with van der Waals surface area (Å²) in [5, 5.41) is 26.9. The van der Waals surface area contributed by atoms with Crippen LogP contribution in [0.4, 0.5) is 10.3 Å². The standard InChI is InChI=1S/C14H16N6O3S2.K/c1-7-11(25-13(16-7)17-8(2)21)9-6-24-12(18-9)15-5-3-4-10-19-20-14(22)23-10;/h6H,3-5H2,1-2H3,(H,15,18)(H,20,22)(H,16,17,21);/q;+1/p-1. The Morgan fingerprint density at radius 2 is 2.12 bits per heavy atom. The van der Waals surface area contributed by atoms with Gasteiger partial charge in [-0.2, -0.15) is 0 Å². The number of nitrogens with one attached hydrogen (secondary N) is 2. The number of carbonyl (C=O) groups is 1. The topological polar surface area (TPSA) is 129 Å². The van der Waals surface area contributed by atoms with Crippen molar-refractivity contribution >= 4 is 38.8 Å². The van der Waals surface area contributed by atoms with Gasteiger partial charge in [-0.25, -0.2) is 9.97 Å². The predicted octanol–water partition coefficient (Wildman–Crippen LogP) is -0.961. The van der Waals surface area contributed by atoms with Crippen LogP contribution in [0.25, 0.3) is 10.6 Å². The molecule has 0 aromatic carbocycles. The summed E-state index contributed by atoms with van der Waals surface area (Å²) in [6.07, 6.45) is 0.614. The van der Waals surface area contributed by atoms with Crippen molar-refractivity contribution < 1.29 is 65.7 Å². The van der Waals surface area contributed by atoms with Crippen LogP contribution in [0, 0.1) is 6.92 Å². The molecule has 0 atom stereocenters. The first-order valence-corrected chi connectivity index (χ1v) is 9.15. The molecular weight excluding hydrogens is 403 g/mol. The second-order valence-corrected chi connectivity index (χ2v) is 7.00. The Morgan fingerprint density at radius 1 is 1.31 bits per heavy atom. The van der Waals surface area contributed by atoms with Gasteiger partial charge in [-0.1, -0.05) is 11.3 Å². The van der Waals surface area contributed by atoms with Crippen molar-refractivity contribution in [3.8, 4) is 16.6 Å². The molecule has 0 aliphatic carbocycles. The zero-order chi connectivity index (χ0) is 17.8. The monoisotopic (exact) mass is 418 g/mol. The number of aryl methyl sites for hydroxylation is 2. The van der Waals surface area contributed by atoms with E-state index in [2.05, 4.69) is 30.8 Å². The van der Waals surface area contributed by atoms with Crippen molar-refractivity contribution in [2.45, 2.75) is 26.7 Å². The van der Waals surface area contributed by atoms with Crippen molar-refractivity contribution in [3.05, 3.63) is 17.0 Å². The van der Waals surface area contributed by atoms with Crippen LogP contribution in [0.2, 0.25) is 0 Å². The van der Waals surface area contributed by atoms with E-state index < -0.39 is 6.08 Å². The Labute approximate surface area is 200 Å². The summed E-state index contributed by atoms with van der Waals surface area (Å²) >= 11 is 2.89. The third-order valence-electron chi connectivity index (χ3n) is 3.11. The van der Waals surface area contributed by atoms with Crippen LogP contribution in [0.15, 0.2) is 9.80 Å². The summed E-state index contributed by atoms with van der Waals surface area (Å²) in [5.74, 6) is 0.198. The van der Waals surface area contributed by atoms with Crippen molar-refractivity contribution in [2.75, 3.05) is 17.2 Å². The fourth-order valence-electron chi connectivity index (χ4n) is 2.07. The van der Waals surface area contributed by atoms with Gasteiger partial charge in [-0.05, 0) is 13.3 Å². The van der Waals surface area contributed by atoms with Gasteiger partial charge in [0.1, 0.15) is 5.89 Å².